The third kappa shape index (κ3) is 7.49. The van der Waals surface area contributed by atoms with Gasteiger partial charge in [-0.15, -0.1) is 22.4 Å². The van der Waals surface area contributed by atoms with E-state index < -0.39 is 0 Å². The lowest BCUT2D eigenvalue weighted by atomic mass is 9.39. The molecule has 14 heavy (non-hydrogen) atoms. The van der Waals surface area contributed by atoms with Crippen LogP contribution in [0, 0.1) is 10.8 Å². The standard InChI is InChI=1S/C10H23B2IS/c1-9(2,3)7-8(10(4,5)6)11-12(13)14/h8,11,14H,7H2,1-6H3. The Hall–Kier alpha value is 1.21. The first-order valence-electron chi connectivity index (χ1n) is 5.34. The fraction of sp³-hybridized carbons (Fsp3) is 1.00. The lowest BCUT2D eigenvalue weighted by Crippen LogP contribution is -2.29. The minimum Gasteiger partial charge on any atom is -0.222 e. The van der Waals surface area contributed by atoms with E-state index in [1.54, 1.807) is 0 Å². The molecule has 0 N–H and O–H groups in total. The average molecular weight is 324 g/mol. The average Bonchev–Trinajstić information content (AvgIpc) is 1.78. The first-order valence-corrected chi connectivity index (χ1v) is 7.11. The summed E-state index contributed by atoms with van der Waals surface area (Å²) in [6.45, 7) is 14.0. The van der Waals surface area contributed by atoms with Crippen LogP contribution in [0.1, 0.15) is 48.0 Å². The van der Waals surface area contributed by atoms with Crippen LogP contribution in [-0.4, -0.2) is 10.9 Å². The number of thiol groups is 1. The Kier molecular flexibility index (Phi) is 5.99. The molecule has 0 nitrogen and oxygen atoms in total. The van der Waals surface area contributed by atoms with Crippen molar-refractivity contribution in [2.75, 3.05) is 0 Å². The zero-order valence-electron chi connectivity index (χ0n) is 10.4. The lowest BCUT2D eigenvalue weighted by Gasteiger charge is -2.35. The van der Waals surface area contributed by atoms with Crippen LogP contribution in [0.25, 0.3) is 0 Å². The highest BCUT2D eigenvalue weighted by Gasteiger charge is 2.31. The summed E-state index contributed by atoms with van der Waals surface area (Å²) in [5.74, 6) is 0.766. The van der Waals surface area contributed by atoms with Crippen molar-refractivity contribution in [3.63, 3.8) is 0 Å². The molecule has 1 atom stereocenters. The van der Waals surface area contributed by atoms with Gasteiger partial charge in [-0.2, -0.15) is 0 Å². The van der Waals surface area contributed by atoms with Crippen molar-refractivity contribution < 1.29 is 0 Å². The van der Waals surface area contributed by atoms with Gasteiger partial charge in [-0.1, -0.05) is 53.8 Å². The van der Waals surface area contributed by atoms with Gasteiger partial charge < -0.3 is 0 Å². The maximum atomic E-state index is 4.51. The van der Waals surface area contributed by atoms with Gasteiger partial charge in [0.25, 0.3) is 0 Å². The predicted octanol–water partition coefficient (Wildman–Crippen LogP) is 4.04. The van der Waals surface area contributed by atoms with Crippen LogP contribution in [0.4, 0.5) is 0 Å². The summed E-state index contributed by atoms with van der Waals surface area (Å²) in [5, 5.41) is 0. The van der Waals surface area contributed by atoms with E-state index in [0.717, 1.165) is 5.82 Å². The molecule has 1 unspecified atom stereocenters. The van der Waals surface area contributed by atoms with Crippen molar-refractivity contribution in [1.29, 1.82) is 0 Å². The highest BCUT2D eigenvalue weighted by atomic mass is 127. The van der Waals surface area contributed by atoms with Crippen molar-refractivity contribution in [3.05, 3.63) is 0 Å². The van der Waals surface area contributed by atoms with Crippen LogP contribution in [0.5, 0.6) is 0 Å². The van der Waals surface area contributed by atoms with E-state index in [9.17, 15) is 0 Å². The van der Waals surface area contributed by atoms with Gasteiger partial charge in [0, 0.05) is 0 Å². The zero-order chi connectivity index (χ0) is 11.6. The van der Waals surface area contributed by atoms with E-state index in [-0.39, 0.29) is 0 Å². The molecule has 0 aliphatic heterocycles. The molecule has 4 heteroatoms. The quantitative estimate of drug-likeness (QED) is 0.452. The van der Waals surface area contributed by atoms with Gasteiger partial charge in [-0.05, 0) is 10.8 Å². The van der Waals surface area contributed by atoms with Crippen LogP contribution in [0.2, 0.25) is 5.82 Å². The number of halogens is 1. The van der Waals surface area contributed by atoms with Crippen molar-refractivity contribution in [1.82, 2.24) is 0 Å². The summed E-state index contributed by atoms with van der Waals surface area (Å²) >= 11 is 6.92. The Morgan fingerprint density at radius 2 is 1.64 bits per heavy atom. The Balaban J connectivity index is 4.42. The normalized spacial score (nSPS) is 15.1. The van der Waals surface area contributed by atoms with Crippen molar-refractivity contribution in [3.8, 4) is 0 Å². The Bertz CT molecular complexity index is 170. The van der Waals surface area contributed by atoms with Gasteiger partial charge in [0.15, 0.2) is 0 Å². The van der Waals surface area contributed by atoms with Gasteiger partial charge in [-0.3, -0.25) is 0 Å². The molecule has 0 bridgehead atoms. The Labute approximate surface area is 110 Å². The van der Waals surface area contributed by atoms with Gasteiger partial charge in [0.1, 0.15) is 7.17 Å². The molecule has 0 amide bonds. The molecular formula is C10H23B2IS. The summed E-state index contributed by atoms with van der Waals surface area (Å²) in [5.41, 5.74) is 0.830. The van der Waals surface area contributed by atoms with Crippen molar-refractivity contribution in [2.45, 2.75) is 53.8 Å². The van der Waals surface area contributed by atoms with Crippen LogP contribution < -0.4 is 0 Å². The number of rotatable bonds is 3. The van der Waals surface area contributed by atoms with Crippen molar-refractivity contribution in [2.24, 2.45) is 10.8 Å². The smallest absolute Gasteiger partial charge is 0.222 e. The number of hydrogen-bond donors (Lipinski definition) is 1. The Morgan fingerprint density at radius 1 is 1.21 bits per heavy atom. The molecule has 0 heterocycles. The lowest BCUT2D eigenvalue weighted by molar-refractivity contribution is 0.275. The molecule has 0 aromatic rings. The molecule has 0 aromatic carbocycles. The van der Waals surface area contributed by atoms with E-state index in [1.165, 1.54) is 13.6 Å². The van der Waals surface area contributed by atoms with E-state index in [4.69, 9.17) is 0 Å². The molecule has 0 saturated carbocycles. The molecule has 0 rings (SSSR count). The molecule has 0 saturated heterocycles. The molecule has 0 spiro atoms. The number of hydrogen-bond acceptors (Lipinski definition) is 1. The fourth-order valence-electron chi connectivity index (χ4n) is 1.72. The summed E-state index contributed by atoms with van der Waals surface area (Å²) in [6, 6.07) is 0. The highest BCUT2D eigenvalue weighted by Crippen LogP contribution is 2.40. The van der Waals surface area contributed by atoms with Gasteiger partial charge in [-0.25, -0.2) is 12.5 Å². The third-order valence-electron chi connectivity index (χ3n) is 2.56. The summed E-state index contributed by atoms with van der Waals surface area (Å²) in [7, 11) is 1.21. The van der Waals surface area contributed by atoms with Crippen LogP contribution in [-0.2, 0) is 0 Å². The molecule has 0 radical (unpaired) electrons. The molecule has 0 aromatic heterocycles. The molecule has 0 aliphatic carbocycles. The first kappa shape index (κ1) is 15.2. The Morgan fingerprint density at radius 3 is 1.86 bits per heavy atom. The second-order valence-corrected chi connectivity index (χ2v) is 9.61. The molecule has 82 valence electrons. The van der Waals surface area contributed by atoms with Gasteiger partial charge in [0.2, 0.25) is 3.74 Å². The summed E-state index contributed by atoms with van der Waals surface area (Å²) in [4.78, 5) is 0. The second kappa shape index (κ2) is 5.51. The van der Waals surface area contributed by atoms with E-state index in [2.05, 4.69) is 76.4 Å². The second-order valence-electron chi connectivity index (χ2n) is 6.50. The predicted molar refractivity (Wildman–Crippen MR) is 83.2 cm³/mol. The van der Waals surface area contributed by atoms with Gasteiger partial charge >= 0.3 is 0 Å². The molecule has 0 fully saturated rings. The maximum absolute atomic E-state index is 4.51. The summed E-state index contributed by atoms with van der Waals surface area (Å²) < 4.78 is 0.485. The first-order chi connectivity index (χ1) is 6.02. The van der Waals surface area contributed by atoms with E-state index >= 15 is 0 Å². The maximum Gasteiger partial charge on any atom is 0.240 e. The fourth-order valence-corrected chi connectivity index (χ4v) is 2.59. The van der Waals surface area contributed by atoms with Crippen LogP contribution in [0.3, 0.4) is 0 Å². The topological polar surface area (TPSA) is 0 Å². The van der Waals surface area contributed by atoms with E-state index in [0.29, 0.717) is 14.6 Å². The SMILES string of the molecule is CC(C)(C)CC(BB(S)I)C(C)(C)C. The van der Waals surface area contributed by atoms with Gasteiger partial charge in [0.05, 0.1) is 0 Å². The third-order valence-corrected chi connectivity index (χ3v) is 3.28. The molecule has 0 aliphatic rings. The van der Waals surface area contributed by atoms with E-state index in [1.807, 2.05) is 0 Å². The molecular weight excluding hydrogens is 301 g/mol. The minimum absolute atomic E-state index is 0.402. The highest BCUT2D eigenvalue weighted by molar-refractivity contribution is 14.1. The zero-order valence-corrected chi connectivity index (χ0v) is 13.4. The van der Waals surface area contributed by atoms with Crippen LogP contribution in [0.15, 0.2) is 0 Å². The monoisotopic (exact) mass is 324 g/mol. The summed E-state index contributed by atoms with van der Waals surface area (Å²) in [6.07, 6.45) is 1.29. The van der Waals surface area contributed by atoms with Crippen LogP contribution >= 0.6 is 34.9 Å². The van der Waals surface area contributed by atoms with Crippen molar-refractivity contribution >= 4 is 45.8 Å². The minimum atomic E-state index is 0.402. The largest absolute Gasteiger partial charge is 0.240 e.